The maximum atomic E-state index is 12.5. The molecule has 1 aliphatic heterocycles. The number of ether oxygens (including phenoxy) is 3. The fraction of sp³-hybridized carbons (Fsp3) is 0.292. The van der Waals surface area contributed by atoms with Crippen molar-refractivity contribution in [2.24, 2.45) is 0 Å². The Bertz CT molecular complexity index is 1360. The molecule has 0 spiro atoms. The van der Waals surface area contributed by atoms with Gasteiger partial charge < -0.3 is 18.8 Å². The lowest BCUT2D eigenvalue weighted by Gasteiger charge is -2.14. The van der Waals surface area contributed by atoms with Gasteiger partial charge in [0.25, 0.3) is 0 Å². The molecule has 0 bridgehead atoms. The van der Waals surface area contributed by atoms with Crippen molar-refractivity contribution >= 4 is 34.5 Å². The van der Waals surface area contributed by atoms with Gasteiger partial charge in [-0.3, -0.25) is 5.32 Å². The van der Waals surface area contributed by atoms with Crippen LogP contribution in [0.5, 0.6) is 5.75 Å². The number of amides is 1. The molecule has 0 unspecified atom stereocenters. The molecular formula is C24H24ClN5O4. The average Bonchev–Trinajstić information content (AvgIpc) is 3.43. The molecule has 1 amide bonds. The largest absolute Gasteiger partial charge is 0.496 e. The van der Waals surface area contributed by atoms with E-state index < -0.39 is 6.09 Å². The van der Waals surface area contributed by atoms with Crippen molar-refractivity contribution in [3.8, 4) is 17.0 Å². The van der Waals surface area contributed by atoms with Crippen molar-refractivity contribution < 1.29 is 19.0 Å². The maximum absolute atomic E-state index is 12.5. The van der Waals surface area contributed by atoms with Crippen LogP contribution in [-0.2, 0) is 35.8 Å². The van der Waals surface area contributed by atoms with E-state index in [-0.39, 0.29) is 6.61 Å². The van der Waals surface area contributed by atoms with Gasteiger partial charge in [-0.15, -0.1) is 0 Å². The van der Waals surface area contributed by atoms with E-state index in [1.807, 2.05) is 31.2 Å². The van der Waals surface area contributed by atoms with E-state index in [1.165, 1.54) is 0 Å². The van der Waals surface area contributed by atoms with Crippen LogP contribution in [0.25, 0.3) is 22.3 Å². The summed E-state index contributed by atoms with van der Waals surface area (Å²) in [5.74, 6) is 2.04. The summed E-state index contributed by atoms with van der Waals surface area (Å²) in [5.41, 5.74) is 4.21. The first-order chi connectivity index (χ1) is 16.6. The molecule has 0 radical (unpaired) electrons. The first-order valence-electron chi connectivity index (χ1n) is 11.0. The average molecular weight is 482 g/mol. The number of aromatic nitrogens is 4. The van der Waals surface area contributed by atoms with Crippen LogP contribution >= 0.6 is 11.6 Å². The minimum atomic E-state index is -0.568. The SMILES string of the molecule is CCn1nc(-c2ccc(Cl)cc2OC)cc1NC(=O)OCc1ccc2c(c1)nc1n2CCOC1. The maximum Gasteiger partial charge on any atom is 0.413 e. The molecule has 1 aliphatic rings. The molecular weight excluding hydrogens is 458 g/mol. The van der Waals surface area contributed by atoms with Gasteiger partial charge in [-0.05, 0) is 42.8 Å². The Morgan fingerprint density at radius 1 is 1.24 bits per heavy atom. The number of rotatable bonds is 6. The van der Waals surface area contributed by atoms with Crippen molar-refractivity contribution in [3.63, 3.8) is 0 Å². The van der Waals surface area contributed by atoms with Gasteiger partial charge in [0.1, 0.15) is 30.6 Å². The minimum absolute atomic E-state index is 0.124. The summed E-state index contributed by atoms with van der Waals surface area (Å²) in [6.07, 6.45) is -0.568. The molecule has 0 saturated heterocycles. The third-order valence-corrected chi connectivity index (χ3v) is 5.94. The van der Waals surface area contributed by atoms with E-state index >= 15 is 0 Å². The fourth-order valence-electron chi connectivity index (χ4n) is 4.05. The lowest BCUT2D eigenvalue weighted by Crippen LogP contribution is -2.16. The summed E-state index contributed by atoms with van der Waals surface area (Å²) in [5, 5.41) is 7.93. The highest BCUT2D eigenvalue weighted by atomic mass is 35.5. The number of carbonyl (C=O) groups excluding carboxylic acids is 1. The molecule has 10 heteroatoms. The number of anilines is 1. The molecule has 9 nitrogen and oxygen atoms in total. The Hall–Kier alpha value is -3.56. The number of nitrogens with zero attached hydrogens (tertiary/aromatic N) is 4. The molecule has 2 aromatic heterocycles. The predicted octanol–water partition coefficient (Wildman–Crippen LogP) is 4.86. The molecule has 3 heterocycles. The topological polar surface area (TPSA) is 92.4 Å². The van der Waals surface area contributed by atoms with Gasteiger partial charge in [-0.2, -0.15) is 5.10 Å². The van der Waals surface area contributed by atoms with Crippen LogP contribution < -0.4 is 10.1 Å². The van der Waals surface area contributed by atoms with Crippen LogP contribution in [-0.4, -0.2) is 39.1 Å². The van der Waals surface area contributed by atoms with Crippen LogP contribution in [0.1, 0.15) is 18.3 Å². The van der Waals surface area contributed by atoms with E-state index in [1.54, 1.807) is 30.0 Å². The molecule has 4 aromatic rings. The van der Waals surface area contributed by atoms with Crippen molar-refractivity contribution in [3.05, 3.63) is 58.9 Å². The van der Waals surface area contributed by atoms with E-state index in [0.29, 0.717) is 42.0 Å². The Morgan fingerprint density at radius 3 is 2.94 bits per heavy atom. The highest BCUT2D eigenvalue weighted by Crippen LogP contribution is 2.33. The van der Waals surface area contributed by atoms with E-state index in [0.717, 1.165) is 34.5 Å². The number of carbonyl (C=O) groups is 1. The van der Waals surface area contributed by atoms with Gasteiger partial charge in [0, 0.05) is 29.7 Å². The third kappa shape index (κ3) is 4.32. The highest BCUT2D eigenvalue weighted by Gasteiger charge is 2.17. The zero-order valence-corrected chi connectivity index (χ0v) is 19.6. The van der Waals surface area contributed by atoms with Gasteiger partial charge in [-0.1, -0.05) is 17.7 Å². The van der Waals surface area contributed by atoms with Crippen LogP contribution in [0.15, 0.2) is 42.5 Å². The van der Waals surface area contributed by atoms with Crippen molar-refractivity contribution in [2.45, 2.75) is 33.2 Å². The number of fused-ring (bicyclic) bond motifs is 3. The lowest BCUT2D eigenvalue weighted by molar-refractivity contribution is 0.0830. The van der Waals surface area contributed by atoms with Crippen molar-refractivity contribution in [1.82, 2.24) is 19.3 Å². The monoisotopic (exact) mass is 481 g/mol. The van der Waals surface area contributed by atoms with Crippen LogP contribution in [0.2, 0.25) is 5.02 Å². The van der Waals surface area contributed by atoms with Crippen LogP contribution in [0, 0.1) is 0 Å². The quantitative estimate of drug-likeness (QED) is 0.422. The van der Waals surface area contributed by atoms with E-state index in [2.05, 4.69) is 20.0 Å². The molecule has 0 saturated carbocycles. The molecule has 34 heavy (non-hydrogen) atoms. The molecule has 5 rings (SSSR count). The van der Waals surface area contributed by atoms with Crippen LogP contribution in [0.3, 0.4) is 0 Å². The number of nitrogens with one attached hydrogen (secondary N) is 1. The second-order valence-corrected chi connectivity index (χ2v) is 8.27. The summed E-state index contributed by atoms with van der Waals surface area (Å²) < 4.78 is 20.2. The number of aryl methyl sites for hydroxylation is 1. The number of benzene rings is 2. The molecule has 0 atom stereocenters. The predicted molar refractivity (Wildman–Crippen MR) is 128 cm³/mol. The highest BCUT2D eigenvalue weighted by molar-refractivity contribution is 6.30. The van der Waals surface area contributed by atoms with Gasteiger partial charge in [-0.25, -0.2) is 14.5 Å². The molecule has 176 valence electrons. The normalized spacial score (nSPS) is 13.0. The summed E-state index contributed by atoms with van der Waals surface area (Å²) in [6, 6.07) is 13.0. The smallest absolute Gasteiger partial charge is 0.413 e. The Kier molecular flexibility index (Phi) is 6.12. The standard InChI is InChI=1S/C24H24ClN5O4/c1-3-30-22(12-18(28-30)17-6-5-16(25)11-21(17)32-2)27-24(31)34-13-15-4-7-20-19(10-15)26-23-14-33-9-8-29(20)23/h4-7,10-12H,3,8-9,13-14H2,1-2H3,(H,27,31). The number of hydrogen-bond donors (Lipinski definition) is 1. The molecule has 1 N–H and O–H groups in total. The molecule has 0 aliphatic carbocycles. The first kappa shape index (κ1) is 22.2. The summed E-state index contributed by atoms with van der Waals surface area (Å²) in [4.78, 5) is 17.2. The number of halogens is 1. The summed E-state index contributed by atoms with van der Waals surface area (Å²) in [6.45, 7) is 4.62. The lowest BCUT2D eigenvalue weighted by atomic mass is 10.1. The van der Waals surface area contributed by atoms with Crippen molar-refractivity contribution in [2.75, 3.05) is 19.0 Å². The van der Waals surface area contributed by atoms with Gasteiger partial charge in [0.05, 0.1) is 30.4 Å². The summed E-state index contributed by atoms with van der Waals surface area (Å²) in [7, 11) is 1.58. The van der Waals surface area contributed by atoms with Gasteiger partial charge in [0.15, 0.2) is 0 Å². The fourth-order valence-corrected chi connectivity index (χ4v) is 4.21. The van der Waals surface area contributed by atoms with Gasteiger partial charge >= 0.3 is 6.09 Å². The van der Waals surface area contributed by atoms with E-state index in [9.17, 15) is 4.79 Å². The zero-order valence-electron chi connectivity index (χ0n) is 18.9. The van der Waals surface area contributed by atoms with E-state index in [4.69, 9.17) is 25.8 Å². The zero-order chi connectivity index (χ0) is 23.7. The van der Waals surface area contributed by atoms with Gasteiger partial charge in [0.2, 0.25) is 0 Å². The summed E-state index contributed by atoms with van der Waals surface area (Å²) >= 11 is 6.07. The third-order valence-electron chi connectivity index (χ3n) is 5.70. The first-order valence-corrected chi connectivity index (χ1v) is 11.3. The van der Waals surface area contributed by atoms with Crippen molar-refractivity contribution in [1.29, 1.82) is 0 Å². The number of imidazole rings is 1. The Balaban J connectivity index is 1.28. The number of methoxy groups -OCH3 is 1. The Labute approximate surface area is 201 Å². The number of hydrogen-bond acceptors (Lipinski definition) is 6. The Morgan fingerprint density at radius 2 is 2.12 bits per heavy atom. The minimum Gasteiger partial charge on any atom is -0.496 e. The van der Waals surface area contributed by atoms with Crippen LogP contribution in [0.4, 0.5) is 10.6 Å². The second kappa shape index (κ2) is 9.36. The molecule has 0 fully saturated rings. The second-order valence-electron chi connectivity index (χ2n) is 7.83. The molecule has 2 aromatic carbocycles.